The molecular formula is C15H6N4Se2. The van der Waals surface area contributed by atoms with Crippen LogP contribution in [-0.4, -0.2) is 29.7 Å². The van der Waals surface area contributed by atoms with Crippen LogP contribution >= 0.6 is 0 Å². The zero-order valence-electron chi connectivity index (χ0n) is 10.6. The average Bonchev–Trinajstić information content (AvgIpc) is 3.05. The van der Waals surface area contributed by atoms with E-state index in [2.05, 4.69) is 9.89 Å². The molecule has 2 rings (SSSR count). The zero-order chi connectivity index (χ0) is 15.2. The van der Waals surface area contributed by atoms with Gasteiger partial charge in [-0.25, -0.2) is 0 Å². The van der Waals surface area contributed by atoms with E-state index >= 15 is 0 Å². The summed E-state index contributed by atoms with van der Waals surface area (Å²) < 4.78 is 0.943. The van der Waals surface area contributed by atoms with E-state index in [-0.39, 0.29) is 11.1 Å². The number of nitrogens with zero attached hydrogens (tertiary/aromatic N) is 4. The number of nitriles is 4. The third-order valence-electron chi connectivity index (χ3n) is 2.64. The third kappa shape index (κ3) is 3.02. The molecule has 0 fully saturated rings. The normalized spacial score (nSPS) is 15.0. The van der Waals surface area contributed by atoms with E-state index in [9.17, 15) is 0 Å². The molecule has 1 atom stereocenters. The van der Waals surface area contributed by atoms with Gasteiger partial charge < -0.3 is 0 Å². The molecule has 1 heterocycles. The first-order valence-electron chi connectivity index (χ1n) is 5.64. The molecule has 1 aromatic carbocycles. The summed E-state index contributed by atoms with van der Waals surface area (Å²) in [7, 11) is 0. The Morgan fingerprint density at radius 2 is 1.62 bits per heavy atom. The van der Waals surface area contributed by atoms with Gasteiger partial charge in [-0.2, -0.15) is 0 Å². The van der Waals surface area contributed by atoms with E-state index < -0.39 is 11.6 Å². The van der Waals surface area contributed by atoms with Gasteiger partial charge >= 0.3 is 130 Å². The van der Waals surface area contributed by atoms with Crippen LogP contribution in [0.25, 0.3) is 11.1 Å². The summed E-state index contributed by atoms with van der Waals surface area (Å²) in [5, 5.41) is 37.3. The van der Waals surface area contributed by atoms with Gasteiger partial charge in [0, 0.05) is 0 Å². The van der Waals surface area contributed by atoms with Gasteiger partial charge in [0.15, 0.2) is 0 Å². The molecule has 0 amide bonds. The molecule has 0 spiro atoms. The second-order valence-corrected chi connectivity index (χ2v) is 13.5. The van der Waals surface area contributed by atoms with Crippen LogP contribution in [0.3, 0.4) is 0 Å². The third-order valence-corrected chi connectivity index (χ3v) is 12.7. The van der Waals surface area contributed by atoms with E-state index in [1.165, 1.54) is 0 Å². The molecule has 4 nitrogen and oxygen atoms in total. The maximum absolute atomic E-state index is 9.09. The maximum atomic E-state index is 9.09. The van der Waals surface area contributed by atoms with E-state index in [0.717, 1.165) is 4.46 Å². The Labute approximate surface area is 130 Å². The van der Waals surface area contributed by atoms with Gasteiger partial charge in [-0.1, -0.05) is 0 Å². The quantitative estimate of drug-likeness (QED) is 0.559. The number of hydrogen-bond acceptors (Lipinski definition) is 4. The molecule has 0 saturated carbocycles. The molecule has 98 valence electrons. The Balaban J connectivity index is 2.92. The predicted octanol–water partition coefficient (Wildman–Crippen LogP) is -1.10. The van der Waals surface area contributed by atoms with Gasteiger partial charge in [-0.15, -0.1) is 0 Å². The van der Waals surface area contributed by atoms with E-state index in [1.54, 1.807) is 18.2 Å². The monoisotopic (exact) mass is 402 g/mol. The molecule has 1 aliphatic heterocycles. The van der Waals surface area contributed by atoms with Gasteiger partial charge in [0.2, 0.25) is 0 Å². The molecule has 21 heavy (non-hydrogen) atoms. The van der Waals surface area contributed by atoms with Gasteiger partial charge in [-0.05, 0) is 0 Å². The van der Waals surface area contributed by atoms with Crippen LogP contribution in [-0.2, 0) is 0 Å². The molecule has 0 saturated heterocycles. The summed E-state index contributed by atoms with van der Waals surface area (Å²) >= 11 is -0.911. The van der Waals surface area contributed by atoms with Crippen molar-refractivity contribution in [3.8, 4) is 24.3 Å². The molecule has 0 radical (unpaired) electrons. The molecular weight excluding hydrogens is 394 g/mol. The van der Waals surface area contributed by atoms with Crippen molar-refractivity contribution >= 4 is 45.3 Å². The predicted molar refractivity (Wildman–Crippen MR) is 81.3 cm³/mol. The summed E-state index contributed by atoms with van der Waals surface area (Å²) in [6, 6.07) is 12.7. The summed E-state index contributed by atoms with van der Waals surface area (Å²) in [4.78, 5) is 4.25. The van der Waals surface area contributed by atoms with Crippen LogP contribution in [0, 0.1) is 45.3 Å². The molecule has 0 aromatic heterocycles. The van der Waals surface area contributed by atoms with Crippen molar-refractivity contribution in [3.05, 3.63) is 39.7 Å². The fourth-order valence-electron chi connectivity index (χ4n) is 1.70. The van der Waals surface area contributed by atoms with Crippen molar-refractivity contribution in [1.82, 2.24) is 0 Å². The van der Waals surface area contributed by atoms with Crippen molar-refractivity contribution in [2.75, 3.05) is 0 Å². The van der Waals surface area contributed by atoms with Gasteiger partial charge in [0.1, 0.15) is 0 Å². The zero-order valence-corrected chi connectivity index (χ0v) is 14.0. The Morgan fingerprint density at radius 3 is 2.14 bits per heavy atom. The first-order valence-corrected chi connectivity index (χ1v) is 12.8. The van der Waals surface area contributed by atoms with Crippen molar-refractivity contribution in [2.45, 2.75) is 0 Å². The van der Waals surface area contributed by atoms with Crippen LogP contribution in [0.5, 0.6) is 0 Å². The van der Waals surface area contributed by atoms with Crippen LogP contribution in [0.15, 0.2) is 29.2 Å². The van der Waals surface area contributed by atoms with Crippen molar-refractivity contribution in [3.63, 3.8) is 0 Å². The van der Waals surface area contributed by atoms with Gasteiger partial charge in [-0.3, -0.25) is 0 Å². The SMILES string of the molecule is N#CC(C#N)=c1ccc(=C(C#N)C#N)c([Se]2=CC=C[Se]2)c1. The van der Waals surface area contributed by atoms with Crippen LogP contribution in [0.4, 0.5) is 0 Å². The molecule has 0 N–H and O–H groups in total. The van der Waals surface area contributed by atoms with E-state index in [1.807, 2.05) is 30.4 Å². The Bertz CT molecular complexity index is 925. The summed E-state index contributed by atoms with van der Waals surface area (Å²) in [5.74, 6) is 0. The Morgan fingerprint density at radius 1 is 0.952 bits per heavy atom. The number of hydrogen-bond donors (Lipinski definition) is 0. The number of rotatable bonds is 1. The van der Waals surface area contributed by atoms with Crippen molar-refractivity contribution < 1.29 is 0 Å². The van der Waals surface area contributed by atoms with E-state index in [0.29, 0.717) is 23.6 Å². The van der Waals surface area contributed by atoms with Crippen molar-refractivity contribution in [2.24, 2.45) is 0 Å². The molecule has 6 heteroatoms. The standard InChI is InChI=1S/C15H6N4Se2/c16-7-12(8-17)11-2-3-14(13(9-18)10-19)15(6-11)21-5-1-4-20-21/h1-6H. The fraction of sp³-hybridized carbons (Fsp3) is 0. The Hall–Kier alpha value is -2.43. The molecule has 0 aliphatic carbocycles. The first-order chi connectivity index (χ1) is 10.2. The molecule has 1 unspecified atom stereocenters. The second-order valence-electron chi connectivity index (χ2n) is 3.77. The van der Waals surface area contributed by atoms with Crippen LogP contribution in [0.2, 0.25) is 0 Å². The topological polar surface area (TPSA) is 95.2 Å². The number of allylic oxidation sites excluding steroid dienone is 1. The second kappa shape index (κ2) is 6.83. The molecule has 1 aromatic rings. The first kappa shape index (κ1) is 15.0. The minimum atomic E-state index is -1.23. The fourth-order valence-corrected chi connectivity index (χ4v) is 11.2. The van der Waals surface area contributed by atoms with Gasteiger partial charge in [0.25, 0.3) is 0 Å². The van der Waals surface area contributed by atoms with Crippen LogP contribution in [0.1, 0.15) is 0 Å². The van der Waals surface area contributed by atoms with Gasteiger partial charge in [0.05, 0.1) is 0 Å². The molecule has 1 aliphatic rings. The summed E-state index contributed by atoms with van der Waals surface area (Å²) in [6.07, 6.45) is 2.01. The average molecular weight is 400 g/mol. The number of benzene rings is 1. The minimum absolute atomic E-state index is 0.0447. The molecule has 0 bridgehead atoms. The van der Waals surface area contributed by atoms with Crippen LogP contribution < -0.4 is 14.9 Å². The summed E-state index contributed by atoms with van der Waals surface area (Å²) in [6.45, 7) is 0. The summed E-state index contributed by atoms with van der Waals surface area (Å²) in [5.41, 5.74) is 0.121. The van der Waals surface area contributed by atoms with E-state index in [4.69, 9.17) is 21.0 Å². The Kier molecular flexibility index (Phi) is 4.87. The van der Waals surface area contributed by atoms with Crippen molar-refractivity contribution in [1.29, 1.82) is 21.0 Å².